The van der Waals surface area contributed by atoms with Crippen LogP contribution in [-0.4, -0.2) is 37.7 Å². The van der Waals surface area contributed by atoms with Gasteiger partial charge in [-0.1, -0.05) is 0 Å². The van der Waals surface area contributed by atoms with Crippen molar-refractivity contribution in [3.05, 3.63) is 0 Å². The summed E-state index contributed by atoms with van der Waals surface area (Å²) in [5.41, 5.74) is -2.21. The van der Waals surface area contributed by atoms with Gasteiger partial charge in [0, 0.05) is 23.7 Å². The maximum Gasteiger partial charge on any atom is 0.314 e. The molecule has 6 heteroatoms. The van der Waals surface area contributed by atoms with Crippen molar-refractivity contribution in [3.8, 4) is 0 Å². The van der Waals surface area contributed by atoms with E-state index in [1.54, 1.807) is 0 Å². The number of esters is 2. The predicted octanol–water partition coefficient (Wildman–Crippen LogP) is -0.791. The molecule has 0 bridgehead atoms. The lowest BCUT2D eigenvalue weighted by molar-refractivity contribution is -0.325. The summed E-state index contributed by atoms with van der Waals surface area (Å²) < 4.78 is 9.78. The van der Waals surface area contributed by atoms with E-state index in [0.29, 0.717) is 0 Å². The van der Waals surface area contributed by atoms with Crippen LogP contribution in [-0.2, 0) is 28.7 Å². The molecule has 0 aliphatic heterocycles. The SMILES string of the molecule is COC(=O)C12C3C(=O)C4C5C(=O)C3C1(C(=O)OC)C5C42. The molecule has 0 N–H and O–H groups in total. The first-order valence-corrected chi connectivity index (χ1v) is 6.77. The largest absolute Gasteiger partial charge is 0.469 e. The Bertz CT molecular complexity index is 596. The zero-order valence-electron chi connectivity index (χ0n) is 10.9. The monoisotopic (exact) mass is 276 g/mol. The van der Waals surface area contributed by atoms with Gasteiger partial charge in [-0.05, 0) is 11.8 Å². The van der Waals surface area contributed by atoms with E-state index in [1.807, 2.05) is 0 Å². The molecule has 6 nitrogen and oxygen atoms in total. The number of hydrogen-bond donors (Lipinski definition) is 0. The van der Waals surface area contributed by atoms with Crippen molar-refractivity contribution in [2.24, 2.45) is 46.3 Å². The highest BCUT2D eigenvalue weighted by Crippen LogP contribution is 2.97. The van der Waals surface area contributed by atoms with Crippen LogP contribution in [0.25, 0.3) is 0 Å². The Morgan fingerprint density at radius 3 is 1.50 bits per heavy atom. The molecule has 0 radical (unpaired) electrons. The summed E-state index contributed by atoms with van der Waals surface area (Å²) >= 11 is 0. The van der Waals surface area contributed by atoms with Crippen molar-refractivity contribution in [2.75, 3.05) is 14.2 Å². The Labute approximate surface area is 113 Å². The van der Waals surface area contributed by atoms with Crippen LogP contribution in [0.5, 0.6) is 0 Å². The minimum absolute atomic E-state index is 0.0109. The minimum atomic E-state index is -1.10. The van der Waals surface area contributed by atoms with Crippen LogP contribution < -0.4 is 0 Å². The van der Waals surface area contributed by atoms with Gasteiger partial charge >= 0.3 is 11.9 Å². The third kappa shape index (κ3) is 0.548. The molecular formula is C14H12O6. The van der Waals surface area contributed by atoms with Crippen LogP contribution in [0.1, 0.15) is 0 Å². The number of hydrogen-bond acceptors (Lipinski definition) is 6. The average Bonchev–Trinajstić information content (AvgIpc) is 2.67. The molecule has 0 aromatic heterocycles. The van der Waals surface area contributed by atoms with E-state index in [2.05, 4.69) is 0 Å². The van der Waals surface area contributed by atoms with Crippen molar-refractivity contribution < 1.29 is 28.7 Å². The number of rotatable bonds is 2. The topological polar surface area (TPSA) is 86.7 Å². The maximum atomic E-state index is 12.4. The Morgan fingerprint density at radius 1 is 0.850 bits per heavy atom. The summed E-state index contributed by atoms with van der Waals surface area (Å²) in [4.78, 5) is 49.5. The first kappa shape index (κ1) is 11.0. The van der Waals surface area contributed by atoms with Gasteiger partial charge in [0.2, 0.25) is 0 Å². The smallest absolute Gasteiger partial charge is 0.314 e. The van der Waals surface area contributed by atoms with E-state index >= 15 is 0 Å². The van der Waals surface area contributed by atoms with Crippen LogP contribution in [0.2, 0.25) is 0 Å². The summed E-state index contributed by atoms with van der Waals surface area (Å²) in [5, 5.41) is 0. The lowest BCUT2D eigenvalue weighted by atomic mass is 9.23. The van der Waals surface area contributed by atoms with Crippen molar-refractivity contribution in [1.29, 1.82) is 0 Å². The Kier molecular flexibility index (Phi) is 1.41. The molecule has 8 unspecified atom stereocenters. The predicted molar refractivity (Wildman–Crippen MR) is 59.9 cm³/mol. The molecule has 5 aliphatic rings. The molecule has 5 fully saturated rings. The van der Waals surface area contributed by atoms with Gasteiger partial charge in [0.15, 0.2) is 0 Å². The minimum Gasteiger partial charge on any atom is -0.469 e. The molecule has 8 atom stereocenters. The molecule has 5 aliphatic carbocycles. The van der Waals surface area contributed by atoms with E-state index in [-0.39, 0.29) is 35.2 Å². The molecule has 0 spiro atoms. The van der Waals surface area contributed by atoms with Gasteiger partial charge in [-0.25, -0.2) is 0 Å². The zero-order valence-corrected chi connectivity index (χ0v) is 10.9. The second kappa shape index (κ2) is 2.56. The molecule has 0 heterocycles. The molecule has 20 heavy (non-hydrogen) atoms. The summed E-state index contributed by atoms with van der Waals surface area (Å²) in [6, 6.07) is 0. The second-order valence-corrected chi connectivity index (χ2v) is 6.58. The first-order chi connectivity index (χ1) is 9.52. The lowest BCUT2D eigenvalue weighted by Crippen LogP contribution is -2.84. The number of ether oxygens (including phenoxy) is 2. The quantitative estimate of drug-likeness (QED) is 0.614. The Hall–Kier alpha value is -1.72. The number of fused-ring (bicyclic) bond motifs is 2. The molecule has 0 aromatic carbocycles. The van der Waals surface area contributed by atoms with Crippen LogP contribution in [0.3, 0.4) is 0 Å². The van der Waals surface area contributed by atoms with E-state index in [4.69, 9.17) is 9.47 Å². The number of carbonyl (C=O) groups excluding carboxylic acids is 4. The first-order valence-electron chi connectivity index (χ1n) is 6.77. The van der Waals surface area contributed by atoms with Crippen LogP contribution in [0.15, 0.2) is 0 Å². The number of Topliss-reactive ketones (excluding diaryl/α,β-unsaturated/α-hetero) is 2. The van der Waals surface area contributed by atoms with E-state index in [1.165, 1.54) is 14.2 Å². The molecule has 5 saturated carbocycles. The normalized spacial score (nSPS) is 58.5. The molecule has 0 saturated heterocycles. The zero-order chi connectivity index (χ0) is 14.2. The fourth-order valence-electron chi connectivity index (χ4n) is 6.80. The average molecular weight is 276 g/mol. The van der Waals surface area contributed by atoms with E-state index in [9.17, 15) is 19.2 Å². The van der Waals surface area contributed by atoms with Crippen LogP contribution in [0.4, 0.5) is 0 Å². The van der Waals surface area contributed by atoms with Crippen LogP contribution >= 0.6 is 0 Å². The molecule has 104 valence electrons. The number of methoxy groups -OCH3 is 2. The van der Waals surface area contributed by atoms with Gasteiger partial charge in [-0.3, -0.25) is 19.2 Å². The highest BCUT2D eigenvalue weighted by Gasteiger charge is 3.07. The van der Waals surface area contributed by atoms with Crippen molar-refractivity contribution >= 4 is 23.5 Å². The Morgan fingerprint density at radius 2 is 1.20 bits per heavy atom. The number of ketones is 2. The van der Waals surface area contributed by atoms with Gasteiger partial charge in [-0.2, -0.15) is 0 Å². The fourth-order valence-corrected chi connectivity index (χ4v) is 6.80. The fraction of sp³-hybridized carbons (Fsp3) is 0.714. The third-order valence-corrected chi connectivity index (χ3v) is 6.91. The standard InChI is InChI=1S/C14H12O6/c1-19-11(17)13-5-3-4-6(5)14(13,12(18)20-2)8(10(4)16)7(13)9(3)15/h3-8H,1-2H3. The number of carbonyl (C=O) groups is 4. The second-order valence-electron chi connectivity index (χ2n) is 6.58. The molecule has 0 amide bonds. The highest BCUT2D eigenvalue weighted by atomic mass is 16.5. The summed E-state index contributed by atoms with van der Waals surface area (Å²) in [5.74, 6) is -3.42. The molecule has 5 rings (SSSR count). The third-order valence-electron chi connectivity index (χ3n) is 6.91. The van der Waals surface area contributed by atoms with Crippen LogP contribution in [0, 0.1) is 46.3 Å². The highest BCUT2D eigenvalue weighted by molar-refractivity contribution is 6.19. The van der Waals surface area contributed by atoms with Gasteiger partial charge in [0.05, 0.1) is 25.0 Å². The maximum absolute atomic E-state index is 12.4. The van der Waals surface area contributed by atoms with Gasteiger partial charge in [0.1, 0.15) is 11.6 Å². The summed E-state index contributed by atoms with van der Waals surface area (Å²) in [7, 11) is 2.52. The van der Waals surface area contributed by atoms with Crippen molar-refractivity contribution in [3.63, 3.8) is 0 Å². The van der Waals surface area contributed by atoms with Crippen molar-refractivity contribution in [1.82, 2.24) is 0 Å². The van der Waals surface area contributed by atoms with Gasteiger partial charge in [0.25, 0.3) is 0 Å². The molecule has 0 aromatic rings. The summed E-state index contributed by atoms with van der Waals surface area (Å²) in [6.45, 7) is 0. The van der Waals surface area contributed by atoms with E-state index in [0.717, 1.165) is 0 Å². The molecular weight excluding hydrogens is 264 g/mol. The summed E-state index contributed by atoms with van der Waals surface area (Å²) in [6.07, 6.45) is 0. The van der Waals surface area contributed by atoms with Gasteiger partial charge in [-0.15, -0.1) is 0 Å². The lowest BCUT2D eigenvalue weighted by Gasteiger charge is -2.74. The van der Waals surface area contributed by atoms with Crippen molar-refractivity contribution in [2.45, 2.75) is 0 Å². The van der Waals surface area contributed by atoms with E-state index < -0.39 is 34.6 Å². The Balaban J connectivity index is 1.79. The van der Waals surface area contributed by atoms with Gasteiger partial charge < -0.3 is 9.47 Å².